The third kappa shape index (κ3) is 3.56. The largest absolute Gasteiger partial charge is 0.396 e. The van der Waals surface area contributed by atoms with Crippen molar-refractivity contribution in [3.8, 4) is 0 Å². The Morgan fingerprint density at radius 1 is 1.31 bits per heavy atom. The molecular formula is C9H17F2NO. The van der Waals surface area contributed by atoms with Gasteiger partial charge in [-0.15, -0.1) is 0 Å². The van der Waals surface area contributed by atoms with Gasteiger partial charge in [-0.2, -0.15) is 0 Å². The third-order valence-corrected chi connectivity index (χ3v) is 2.68. The van der Waals surface area contributed by atoms with Gasteiger partial charge in [-0.05, 0) is 18.8 Å². The van der Waals surface area contributed by atoms with Gasteiger partial charge in [0.25, 0.3) is 6.43 Å². The minimum absolute atomic E-state index is 0.0905. The number of rotatable bonds is 4. The minimum atomic E-state index is -2.29. The topological polar surface area (TPSA) is 32.3 Å². The zero-order valence-electron chi connectivity index (χ0n) is 7.68. The number of alkyl halides is 2. The molecule has 2 N–H and O–H groups in total. The van der Waals surface area contributed by atoms with E-state index in [0.29, 0.717) is 0 Å². The molecular weight excluding hydrogens is 176 g/mol. The fraction of sp³-hybridized carbons (Fsp3) is 1.00. The smallest absolute Gasteiger partial charge is 0.250 e. The molecule has 1 aliphatic carbocycles. The normalized spacial score (nSPS) is 29.5. The second-order valence-electron chi connectivity index (χ2n) is 3.63. The number of aliphatic hydroxyl groups excluding tert-OH is 1. The quantitative estimate of drug-likeness (QED) is 0.707. The molecule has 0 heterocycles. The molecule has 1 rings (SSSR count). The van der Waals surface area contributed by atoms with Crippen LogP contribution in [0.25, 0.3) is 0 Å². The Balaban J connectivity index is 2.27. The molecule has 1 saturated carbocycles. The summed E-state index contributed by atoms with van der Waals surface area (Å²) in [5.41, 5.74) is 0. The number of hydrogen-bond donors (Lipinski definition) is 2. The number of hydrogen-bond acceptors (Lipinski definition) is 2. The Kier molecular flexibility index (Phi) is 4.59. The van der Waals surface area contributed by atoms with E-state index in [1.165, 1.54) is 0 Å². The van der Waals surface area contributed by atoms with Crippen molar-refractivity contribution in [1.82, 2.24) is 5.32 Å². The maximum Gasteiger partial charge on any atom is 0.250 e. The van der Waals surface area contributed by atoms with Crippen LogP contribution in [0.5, 0.6) is 0 Å². The zero-order valence-corrected chi connectivity index (χ0v) is 7.68. The van der Waals surface area contributed by atoms with Crippen LogP contribution in [0.3, 0.4) is 0 Å². The molecule has 0 aromatic rings. The van der Waals surface area contributed by atoms with Crippen molar-refractivity contribution in [2.75, 3.05) is 13.2 Å². The molecule has 0 saturated heterocycles. The Bertz CT molecular complexity index is 144. The molecule has 4 heteroatoms. The molecule has 13 heavy (non-hydrogen) atoms. The molecule has 0 bridgehead atoms. The zero-order chi connectivity index (χ0) is 9.68. The first-order valence-electron chi connectivity index (χ1n) is 4.86. The highest BCUT2D eigenvalue weighted by Crippen LogP contribution is 2.23. The van der Waals surface area contributed by atoms with E-state index >= 15 is 0 Å². The highest BCUT2D eigenvalue weighted by atomic mass is 19.3. The van der Waals surface area contributed by atoms with E-state index in [1.807, 2.05) is 0 Å². The summed E-state index contributed by atoms with van der Waals surface area (Å²) in [5.74, 6) is 0.174. The molecule has 2 unspecified atom stereocenters. The maximum atomic E-state index is 11.9. The summed E-state index contributed by atoms with van der Waals surface area (Å²) in [6, 6.07) is 0.0905. The number of nitrogens with one attached hydrogen (secondary N) is 1. The lowest BCUT2D eigenvalue weighted by molar-refractivity contribution is 0.112. The summed E-state index contributed by atoms with van der Waals surface area (Å²) in [5, 5.41) is 11.8. The van der Waals surface area contributed by atoms with Gasteiger partial charge >= 0.3 is 0 Å². The van der Waals surface area contributed by atoms with E-state index in [0.717, 1.165) is 25.7 Å². The van der Waals surface area contributed by atoms with Gasteiger partial charge in [0, 0.05) is 12.6 Å². The first kappa shape index (κ1) is 10.9. The average Bonchev–Trinajstić information content (AvgIpc) is 2.15. The van der Waals surface area contributed by atoms with E-state index in [1.54, 1.807) is 0 Å². The van der Waals surface area contributed by atoms with Crippen molar-refractivity contribution in [2.45, 2.75) is 38.2 Å². The highest BCUT2D eigenvalue weighted by molar-refractivity contribution is 4.80. The molecule has 78 valence electrons. The summed E-state index contributed by atoms with van der Waals surface area (Å²) in [6.45, 7) is -0.137. The Morgan fingerprint density at radius 2 is 2.00 bits per heavy atom. The van der Waals surface area contributed by atoms with Crippen molar-refractivity contribution in [1.29, 1.82) is 0 Å². The van der Waals surface area contributed by atoms with Crippen molar-refractivity contribution < 1.29 is 13.9 Å². The molecule has 1 fully saturated rings. The summed E-state index contributed by atoms with van der Waals surface area (Å²) < 4.78 is 23.8. The van der Waals surface area contributed by atoms with E-state index in [2.05, 4.69) is 5.32 Å². The molecule has 0 aromatic carbocycles. The SMILES string of the molecule is OCC1CCCCC1NCC(F)F. The lowest BCUT2D eigenvalue weighted by Crippen LogP contribution is -2.42. The molecule has 1 aliphatic rings. The van der Waals surface area contributed by atoms with Gasteiger partial charge in [-0.1, -0.05) is 12.8 Å². The van der Waals surface area contributed by atoms with Crippen LogP contribution >= 0.6 is 0 Å². The fourth-order valence-corrected chi connectivity index (χ4v) is 1.94. The Morgan fingerprint density at radius 3 is 2.62 bits per heavy atom. The summed E-state index contributed by atoms with van der Waals surface area (Å²) >= 11 is 0. The van der Waals surface area contributed by atoms with Gasteiger partial charge in [0.2, 0.25) is 0 Å². The highest BCUT2D eigenvalue weighted by Gasteiger charge is 2.24. The lowest BCUT2D eigenvalue weighted by atomic mass is 9.85. The van der Waals surface area contributed by atoms with E-state index in [9.17, 15) is 8.78 Å². The fourth-order valence-electron chi connectivity index (χ4n) is 1.94. The lowest BCUT2D eigenvalue weighted by Gasteiger charge is -2.30. The first-order valence-corrected chi connectivity index (χ1v) is 4.86. The molecule has 2 nitrogen and oxygen atoms in total. The van der Waals surface area contributed by atoms with Crippen LogP contribution in [-0.2, 0) is 0 Å². The summed E-state index contributed by atoms with van der Waals surface area (Å²) in [4.78, 5) is 0. The van der Waals surface area contributed by atoms with Crippen LogP contribution < -0.4 is 5.32 Å². The van der Waals surface area contributed by atoms with Crippen LogP contribution in [-0.4, -0.2) is 30.7 Å². The van der Waals surface area contributed by atoms with E-state index in [-0.39, 0.29) is 25.1 Å². The molecule has 0 aliphatic heterocycles. The average molecular weight is 193 g/mol. The standard InChI is InChI=1S/C9H17F2NO/c10-9(11)5-12-8-4-2-1-3-7(8)6-13/h7-9,12-13H,1-6H2. The Labute approximate surface area is 77.3 Å². The van der Waals surface area contributed by atoms with Crippen LogP contribution in [0.2, 0.25) is 0 Å². The van der Waals surface area contributed by atoms with Crippen LogP contribution in [0.15, 0.2) is 0 Å². The van der Waals surface area contributed by atoms with Gasteiger partial charge < -0.3 is 10.4 Å². The monoisotopic (exact) mass is 193 g/mol. The predicted molar refractivity (Wildman–Crippen MR) is 46.8 cm³/mol. The maximum absolute atomic E-state index is 11.9. The Hall–Kier alpha value is -0.220. The van der Waals surface area contributed by atoms with E-state index in [4.69, 9.17) is 5.11 Å². The molecule has 0 aromatic heterocycles. The first-order chi connectivity index (χ1) is 6.24. The molecule has 2 atom stereocenters. The van der Waals surface area contributed by atoms with Gasteiger partial charge in [-0.25, -0.2) is 8.78 Å². The van der Waals surface area contributed by atoms with Gasteiger partial charge in [0.1, 0.15) is 0 Å². The molecule has 0 amide bonds. The van der Waals surface area contributed by atoms with Crippen molar-refractivity contribution in [2.24, 2.45) is 5.92 Å². The van der Waals surface area contributed by atoms with Crippen molar-refractivity contribution in [3.05, 3.63) is 0 Å². The minimum Gasteiger partial charge on any atom is -0.396 e. The molecule has 0 radical (unpaired) electrons. The van der Waals surface area contributed by atoms with Crippen LogP contribution in [0, 0.1) is 5.92 Å². The number of halogens is 2. The summed E-state index contributed by atoms with van der Waals surface area (Å²) in [7, 11) is 0. The van der Waals surface area contributed by atoms with E-state index < -0.39 is 6.43 Å². The number of aliphatic hydroxyl groups is 1. The van der Waals surface area contributed by atoms with Crippen molar-refractivity contribution >= 4 is 0 Å². The van der Waals surface area contributed by atoms with Gasteiger partial charge in [0.15, 0.2) is 0 Å². The van der Waals surface area contributed by atoms with Gasteiger partial charge in [0.05, 0.1) is 6.54 Å². The van der Waals surface area contributed by atoms with Crippen molar-refractivity contribution in [3.63, 3.8) is 0 Å². The second kappa shape index (κ2) is 5.50. The molecule has 0 spiro atoms. The van der Waals surface area contributed by atoms with Crippen LogP contribution in [0.1, 0.15) is 25.7 Å². The van der Waals surface area contributed by atoms with Crippen LogP contribution in [0.4, 0.5) is 8.78 Å². The third-order valence-electron chi connectivity index (χ3n) is 2.68. The second-order valence-corrected chi connectivity index (χ2v) is 3.63. The van der Waals surface area contributed by atoms with Gasteiger partial charge in [-0.3, -0.25) is 0 Å². The predicted octanol–water partition coefficient (Wildman–Crippen LogP) is 1.39. The summed E-state index contributed by atoms with van der Waals surface area (Å²) in [6.07, 6.45) is 1.77.